The number of hydrogen-bond donors (Lipinski definition) is 1. The third-order valence-corrected chi connectivity index (χ3v) is 2.10. The summed E-state index contributed by atoms with van der Waals surface area (Å²) in [7, 11) is 0. The molecule has 0 radical (unpaired) electrons. The first-order chi connectivity index (χ1) is 6.77. The van der Waals surface area contributed by atoms with Crippen LogP contribution in [0.2, 0.25) is 0 Å². The van der Waals surface area contributed by atoms with Gasteiger partial charge in [-0.15, -0.1) is 0 Å². The first kappa shape index (κ1) is 8.75. The molecule has 0 atom stereocenters. The van der Waals surface area contributed by atoms with Gasteiger partial charge in [-0.3, -0.25) is 4.79 Å². The highest BCUT2D eigenvalue weighted by Crippen LogP contribution is 2.29. The lowest BCUT2D eigenvalue weighted by Crippen LogP contribution is -2.05. The summed E-state index contributed by atoms with van der Waals surface area (Å²) in [5, 5.41) is 2.81. The Hall–Kier alpha value is -1.83. The first-order valence-electron chi connectivity index (χ1n) is 4.53. The molecule has 0 fully saturated rings. The quantitative estimate of drug-likeness (QED) is 0.727. The Morgan fingerprint density at radius 1 is 1.07 bits per heavy atom. The van der Waals surface area contributed by atoms with Crippen molar-refractivity contribution in [3.05, 3.63) is 42.5 Å². The molecular formula is C12H11NO. The SMILES string of the molecule is CC(=O)Nc1ccccc2cccc1-2. The third-order valence-electron chi connectivity index (χ3n) is 2.10. The van der Waals surface area contributed by atoms with E-state index in [4.69, 9.17) is 0 Å². The summed E-state index contributed by atoms with van der Waals surface area (Å²) >= 11 is 0. The van der Waals surface area contributed by atoms with E-state index in [9.17, 15) is 4.79 Å². The maximum atomic E-state index is 11.0. The van der Waals surface area contributed by atoms with Crippen molar-refractivity contribution in [1.29, 1.82) is 0 Å². The van der Waals surface area contributed by atoms with E-state index >= 15 is 0 Å². The predicted molar refractivity (Wildman–Crippen MR) is 57.4 cm³/mol. The molecule has 0 bridgehead atoms. The Morgan fingerprint density at radius 3 is 2.57 bits per heavy atom. The number of carbonyl (C=O) groups is 1. The number of anilines is 1. The van der Waals surface area contributed by atoms with E-state index < -0.39 is 0 Å². The van der Waals surface area contributed by atoms with E-state index in [0.29, 0.717) is 0 Å². The molecule has 2 rings (SSSR count). The van der Waals surface area contributed by atoms with Gasteiger partial charge in [-0.25, -0.2) is 0 Å². The maximum absolute atomic E-state index is 11.0. The first-order valence-corrected chi connectivity index (χ1v) is 4.53. The molecule has 0 aromatic rings. The lowest BCUT2D eigenvalue weighted by atomic mass is 10.1. The fourth-order valence-electron chi connectivity index (χ4n) is 1.52. The Morgan fingerprint density at radius 2 is 1.79 bits per heavy atom. The van der Waals surface area contributed by atoms with Gasteiger partial charge in [0.15, 0.2) is 0 Å². The summed E-state index contributed by atoms with van der Waals surface area (Å²) in [6.45, 7) is 1.52. The number of rotatable bonds is 1. The number of fused-ring (bicyclic) bond motifs is 1. The molecule has 0 aromatic carbocycles. The van der Waals surface area contributed by atoms with Gasteiger partial charge in [0.25, 0.3) is 0 Å². The molecule has 0 unspecified atom stereocenters. The Kier molecular flexibility index (Phi) is 2.19. The van der Waals surface area contributed by atoms with Crippen LogP contribution in [-0.4, -0.2) is 5.91 Å². The number of amides is 1. The van der Waals surface area contributed by atoms with E-state index in [0.717, 1.165) is 16.8 Å². The van der Waals surface area contributed by atoms with Crippen molar-refractivity contribution in [3.8, 4) is 11.1 Å². The second-order valence-electron chi connectivity index (χ2n) is 3.21. The summed E-state index contributed by atoms with van der Waals surface area (Å²) in [5.41, 5.74) is 3.08. The van der Waals surface area contributed by atoms with E-state index in [2.05, 4.69) is 5.32 Å². The van der Waals surface area contributed by atoms with Gasteiger partial charge in [-0.05, 0) is 11.6 Å². The summed E-state index contributed by atoms with van der Waals surface area (Å²) in [4.78, 5) is 11.0. The van der Waals surface area contributed by atoms with Crippen molar-refractivity contribution >= 4 is 11.6 Å². The van der Waals surface area contributed by atoms with Gasteiger partial charge < -0.3 is 5.32 Å². The van der Waals surface area contributed by atoms with Gasteiger partial charge in [0.2, 0.25) is 5.91 Å². The molecule has 0 saturated heterocycles. The number of nitrogens with one attached hydrogen (secondary N) is 1. The molecule has 2 nitrogen and oxygen atoms in total. The lowest BCUT2D eigenvalue weighted by Gasteiger charge is -2.03. The third kappa shape index (κ3) is 1.59. The van der Waals surface area contributed by atoms with Gasteiger partial charge in [-0.2, -0.15) is 0 Å². The average Bonchev–Trinajstić information content (AvgIpc) is 2.51. The topological polar surface area (TPSA) is 29.1 Å². The summed E-state index contributed by atoms with van der Waals surface area (Å²) in [6, 6.07) is 13.8. The standard InChI is InChI=1S/C12H11NO/c1-9(14)13-12-8-3-2-5-10-6-4-7-11(10)12/h2-8H,1H3,(H,13,14). The zero-order valence-corrected chi connectivity index (χ0v) is 7.95. The van der Waals surface area contributed by atoms with Crippen LogP contribution in [0.1, 0.15) is 6.92 Å². The van der Waals surface area contributed by atoms with Gasteiger partial charge in [0.05, 0.1) is 0 Å². The van der Waals surface area contributed by atoms with Crippen LogP contribution in [0.15, 0.2) is 42.5 Å². The second kappa shape index (κ2) is 3.50. The van der Waals surface area contributed by atoms with Crippen LogP contribution in [0, 0.1) is 0 Å². The molecule has 1 N–H and O–H groups in total. The van der Waals surface area contributed by atoms with Gasteiger partial charge in [0, 0.05) is 18.2 Å². The van der Waals surface area contributed by atoms with Crippen molar-refractivity contribution in [2.75, 3.05) is 5.32 Å². The fourth-order valence-corrected chi connectivity index (χ4v) is 1.52. The molecule has 0 aliphatic heterocycles. The monoisotopic (exact) mass is 185 g/mol. The minimum Gasteiger partial charge on any atom is -0.326 e. The predicted octanol–water partition coefficient (Wildman–Crippen LogP) is 2.75. The van der Waals surface area contributed by atoms with Gasteiger partial charge in [-0.1, -0.05) is 36.4 Å². The van der Waals surface area contributed by atoms with Crippen molar-refractivity contribution in [2.45, 2.75) is 6.92 Å². The van der Waals surface area contributed by atoms with Crippen LogP contribution in [-0.2, 0) is 4.79 Å². The smallest absolute Gasteiger partial charge is 0.221 e. The minimum atomic E-state index is -0.0429. The molecule has 2 heteroatoms. The fraction of sp³-hybridized carbons (Fsp3) is 0.0833. The minimum absolute atomic E-state index is 0.0429. The van der Waals surface area contributed by atoms with Crippen LogP contribution < -0.4 is 5.32 Å². The Bertz CT molecular complexity index is 436. The molecule has 1 amide bonds. The summed E-state index contributed by atoms with van der Waals surface area (Å²) in [6.07, 6.45) is 0. The Balaban J connectivity index is 2.52. The largest absolute Gasteiger partial charge is 0.326 e. The van der Waals surface area contributed by atoms with Gasteiger partial charge >= 0.3 is 0 Å². The van der Waals surface area contributed by atoms with E-state index in [-0.39, 0.29) is 5.91 Å². The zero-order chi connectivity index (χ0) is 9.97. The molecule has 14 heavy (non-hydrogen) atoms. The average molecular weight is 185 g/mol. The highest BCUT2D eigenvalue weighted by Gasteiger charge is 2.05. The molecule has 0 saturated carbocycles. The summed E-state index contributed by atoms with van der Waals surface area (Å²) in [5.74, 6) is -0.0429. The van der Waals surface area contributed by atoms with Crippen LogP contribution in [0.4, 0.5) is 5.69 Å². The lowest BCUT2D eigenvalue weighted by molar-refractivity contribution is -0.114. The van der Waals surface area contributed by atoms with E-state index in [1.165, 1.54) is 6.92 Å². The van der Waals surface area contributed by atoms with Crippen molar-refractivity contribution in [2.24, 2.45) is 0 Å². The van der Waals surface area contributed by atoms with Crippen LogP contribution in [0.3, 0.4) is 0 Å². The maximum Gasteiger partial charge on any atom is 0.221 e. The van der Waals surface area contributed by atoms with Crippen LogP contribution >= 0.6 is 0 Å². The van der Waals surface area contributed by atoms with Crippen molar-refractivity contribution in [3.63, 3.8) is 0 Å². The zero-order valence-electron chi connectivity index (χ0n) is 7.95. The van der Waals surface area contributed by atoms with E-state index in [1.807, 2.05) is 42.5 Å². The number of hydrogen-bond acceptors (Lipinski definition) is 1. The molecule has 0 heterocycles. The van der Waals surface area contributed by atoms with Crippen molar-refractivity contribution in [1.82, 2.24) is 0 Å². The van der Waals surface area contributed by atoms with Crippen LogP contribution in [0.5, 0.6) is 0 Å². The molecule has 0 aromatic heterocycles. The van der Waals surface area contributed by atoms with Crippen molar-refractivity contribution < 1.29 is 4.79 Å². The normalized spacial score (nSPS) is 10.1. The molecule has 70 valence electrons. The molecule has 2 aliphatic carbocycles. The van der Waals surface area contributed by atoms with E-state index in [1.54, 1.807) is 0 Å². The summed E-state index contributed by atoms with van der Waals surface area (Å²) < 4.78 is 0. The van der Waals surface area contributed by atoms with Gasteiger partial charge in [0.1, 0.15) is 0 Å². The highest BCUT2D eigenvalue weighted by atomic mass is 16.1. The molecule has 0 spiro atoms. The molecule has 2 aliphatic rings. The highest BCUT2D eigenvalue weighted by molar-refractivity contribution is 5.94. The second-order valence-corrected chi connectivity index (χ2v) is 3.21. The number of carbonyl (C=O) groups excluding carboxylic acids is 1. The Labute approximate surface area is 82.9 Å². The van der Waals surface area contributed by atoms with Crippen LogP contribution in [0.25, 0.3) is 11.1 Å². The molecular weight excluding hydrogens is 174 g/mol.